The number of hydrogen-bond acceptors (Lipinski definition) is 2. The SMILES string of the molecule is CC(=O)Nc1c(I)cnc(Cl)c1F. The summed E-state index contributed by atoms with van der Waals surface area (Å²) in [5, 5.41) is 2.09. The molecule has 0 atom stereocenters. The van der Waals surface area contributed by atoms with Crippen LogP contribution >= 0.6 is 34.2 Å². The van der Waals surface area contributed by atoms with Gasteiger partial charge < -0.3 is 5.32 Å². The number of nitrogens with zero attached hydrogens (tertiary/aromatic N) is 1. The molecule has 0 fully saturated rings. The van der Waals surface area contributed by atoms with E-state index in [-0.39, 0.29) is 16.7 Å². The molecule has 0 radical (unpaired) electrons. The summed E-state index contributed by atoms with van der Waals surface area (Å²) in [6, 6.07) is 0. The molecule has 0 bridgehead atoms. The van der Waals surface area contributed by atoms with Crippen LogP contribution in [0.4, 0.5) is 10.1 Å². The second kappa shape index (κ2) is 4.19. The molecule has 0 aliphatic rings. The fourth-order valence-corrected chi connectivity index (χ4v) is 1.39. The zero-order valence-electron chi connectivity index (χ0n) is 6.57. The van der Waals surface area contributed by atoms with Crippen LogP contribution in [-0.2, 0) is 4.79 Å². The number of carbonyl (C=O) groups is 1. The summed E-state index contributed by atoms with van der Waals surface area (Å²) in [6.07, 6.45) is 1.39. The highest BCUT2D eigenvalue weighted by Crippen LogP contribution is 2.25. The van der Waals surface area contributed by atoms with Gasteiger partial charge in [-0.15, -0.1) is 0 Å². The molecular formula is C7H5ClFIN2O. The van der Waals surface area contributed by atoms with E-state index in [1.54, 1.807) is 0 Å². The number of carbonyl (C=O) groups excluding carboxylic acids is 1. The predicted octanol–water partition coefficient (Wildman–Crippen LogP) is 2.44. The van der Waals surface area contributed by atoms with Gasteiger partial charge in [-0.3, -0.25) is 4.79 Å². The highest BCUT2D eigenvalue weighted by atomic mass is 127. The Hall–Kier alpha value is -0.430. The summed E-state index contributed by atoms with van der Waals surface area (Å²) in [4.78, 5) is 14.3. The molecule has 1 amide bonds. The van der Waals surface area contributed by atoms with Crippen molar-refractivity contribution >= 4 is 45.8 Å². The molecule has 1 aromatic rings. The van der Waals surface area contributed by atoms with Crippen molar-refractivity contribution in [3.8, 4) is 0 Å². The third-order valence-corrected chi connectivity index (χ3v) is 2.31. The summed E-state index contributed by atoms with van der Waals surface area (Å²) in [7, 11) is 0. The van der Waals surface area contributed by atoms with E-state index in [0.29, 0.717) is 3.57 Å². The van der Waals surface area contributed by atoms with Gasteiger partial charge in [0.15, 0.2) is 11.0 Å². The zero-order chi connectivity index (χ0) is 10.0. The Morgan fingerprint density at radius 1 is 1.77 bits per heavy atom. The molecule has 1 aromatic heterocycles. The van der Waals surface area contributed by atoms with Gasteiger partial charge in [0.1, 0.15) is 0 Å². The van der Waals surface area contributed by atoms with E-state index in [2.05, 4.69) is 10.3 Å². The van der Waals surface area contributed by atoms with Gasteiger partial charge in [-0.25, -0.2) is 9.37 Å². The quantitative estimate of drug-likeness (QED) is 0.639. The smallest absolute Gasteiger partial charge is 0.221 e. The Kier molecular flexibility index (Phi) is 3.43. The molecule has 0 spiro atoms. The van der Waals surface area contributed by atoms with Crippen molar-refractivity contribution in [1.29, 1.82) is 0 Å². The van der Waals surface area contributed by atoms with Gasteiger partial charge in [0, 0.05) is 13.1 Å². The van der Waals surface area contributed by atoms with Crippen LogP contribution in [-0.4, -0.2) is 10.9 Å². The minimum Gasteiger partial charge on any atom is -0.323 e. The van der Waals surface area contributed by atoms with Crippen LogP contribution in [0.3, 0.4) is 0 Å². The normalized spacial score (nSPS) is 9.85. The lowest BCUT2D eigenvalue weighted by Crippen LogP contribution is -2.09. The molecule has 0 unspecified atom stereocenters. The molecule has 1 N–H and O–H groups in total. The Morgan fingerprint density at radius 2 is 2.38 bits per heavy atom. The van der Waals surface area contributed by atoms with E-state index in [9.17, 15) is 9.18 Å². The monoisotopic (exact) mass is 314 g/mol. The van der Waals surface area contributed by atoms with Gasteiger partial charge in [0.2, 0.25) is 5.91 Å². The number of amides is 1. The van der Waals surface area contributed by atoms with Gasteiger partial charge in [-0.05, 0) is 22.6 Å². The molecular weight excluding hydrogens is 309 g/mol. The van der Waals surface area contributed by atoms with Crippen molar-refractivity contribution in [2.45, 2.75) is 6.92 Å². The van der Waals surface area contributed by atoms with Crippen molar-refractivity contribution in [2.75, 3.05) is 5.32 Å². The number of halogens is 3. The molecule has 13 heavy (non-hydrogen) atoms. The lowest BCUT2D eigenvalue weighted by molar-refractivity contribution is -0.114. The van der Waals surface area contributed by atoms with Crippen molar-refractivity contribution in [3.63, 3.8) is 0 Å². The first kappa shape index (κ1) is 10.6. The van der Waals surface area contributed by atoms with Crippen LogP contribution in [0.25, 0.3) is 0 Å². The Balaban J connectivity index is 3.17. The molecule has 0 aromatic carbocycles. The van der Waals surface area contributed by atoms with Crippen LogP contribution in [0, 0.1) is 9.39 Å². The fraction of sp³-hybridized carbons (Fsp3) is 0.143. The second-order valence-electron chi connectivity index (χ2n) is 2.27. The summed E-state index contributed by atoms with van der Waals surface area (Å²) >= 11 is 7.29. The molecule has 1 heterocycles. The minimum atomic E-state index is -0.705. The largest absolute Gasteiger partial charge is 0.323 e. The minimum absolute atomic E-state index is 0.0769. The van der Waals surface area contributed by atoms with Crippen LogP contribution < -0.4 is 5.32 Å². The average Bonchev–Trinajstić information content (AvgIpc) is 2.05. The number of rotatable bonds is 1. The standard InChI is InChI=1S/C7H5ClFIN2O/c1-3(13)12-6-4(10)2-11-7(8)5(6)9/h2H,1H3,(H,11,12,13). The third-order valence-electron chi connectivity index (χ3n) is 1.23. The molecule has 0 aliphatic heterocycles. The highest BCUT2D eigenvalue weighted by molar-refractivity contribution is 14.1. The molecule has 0 saturated carbocycles. The molecule has 0 saturated heterocycles. The first-order chi connectivity index (χ1) is 6.02. The summed E-state index contributed by atoms with van der Waals surface area (Å²) in [6.45, 7) is 1.30. The second-order valence-corrected chi connectivity index (χ2v) is 3.79. The van der Waals surface area contributed by atoms with E-state index in [1.807, 2.05) is 22.6 Å². The lowest BCUT2D eigenvalue weighted by Gasteiger charge is -2.06. The first-order valence-electron chi connectivity index (χ1n) is 3.29. The first-order valence-corrected chi connectivity index (χ1v) is 4.75. The number of aromatic nitrogens is 1. The summed E-state index contributed by atoms with van der Waals surface area (Å²) in [5.41, 5.74) is 0.0769. The van der Waals surface area contributed by atoms with E-state index in [1.165, 1.54) is 13.1 Å². The molecule has 6 heteroatoms. The maximum atomic E-state index is 13.2. The Bertz CT molecular complexity index is 359. The van der Waals surface area contributed by atoms with Crippen molar-refractivity contribution in [1.82, 2.24) is 4.98 Å². The van der Waals surface area contributed by atoms with E-state index >= 15 is 0 Å². The maximum Gasteiger partial charge on any atom is 0.221 e. The van der Waals surface area contributed by atoms with Gasteiger partial charge in [-0.1, -0.05) is 11.6 Å². The number of nitrogens with one attached hydrogen (secondary N) is 1. The summed E-state index contributed by atoms with van der Waals surface area (Å²) in [5.74, 6) is -1.05. The van der Waals surface area contributed by atoms with Gasteiger partial charge in [-0.2, -0.15) is 0 Å². The number of hydrogen-bond donors (Lipinski definition) is 1. The third kappa shape index (κ3) is 2.50. The zero-order valence-corrected chi connectivity index (χ0v) is 9.48. The van der Waals surface area contributed by atoms with Gasteiger partial charge in [0.25, 0.3) is 0 Å². The van der Waals surface area contributed by atoms with Crippen LogP contribution in [0.15, 0.2) is 6.20 Å². The molecule has 3 nitrogen and oxygen atoms in total. The van der Waals surface area contributed by atoms with Crippen molar-refractivity contribution in [3.05, 3.63) is 20.7 Å². The van der Waals surface area contributed by atoms with Crippen LogP contribution in [0.2, 0.25) is 5.15 Å². The van der Waals surface area contributed by atoms with Crippen LogP contribution in [0.1, 0.15) is 6.92 Å². The van der Waals surface area contributed by atoms with E-state index < -0.39 is 5.82 Å². The predicted molar refractivity (Wildman–Crippen MR) is 56.2 cm³/mol. The van der Waals surface area contributed by atoms with Crippen molar-refractivity contribution < 1.29 is 9.18 Å². The van der Waals surface area contributed by atoms with E-state index in [0.717, 1.165) is 0 Å². The number of pyridine rings is 1. The fourth-order valence-electron chi connectivity index (χ4n) is 0.733. The Labute approximate surface area is 92.8 Å². The topological polar surface area (TPSA) is 42.0 Å². The molecule has 70 valence electrons. The molecule has 0 aliphatic carbocycles. The number of anilines is 1. The Morgan fingerprint density at radius 3 is 2.92 bits per heavy atom. The van der Waals surface area contributed by atoms with Crippen LogP contribution in [0.5, 0.6) is 0 Å². The lowest BCUT2D eigenvalue weighted by atomic mass is 10.4. The van der Waals surface area contributed by atoms with Gasteiger partial charge >= 0.3 is 0 Å². The maximum absolute atomic E-state index is 13.2. The highest BCUT2D eigenvalue weighted by Gasteiger charge is 2.12. The summed E-state index contributed by atoms with van der Waals surface area (Å²) < 4.78 is 13.7. The van der Waals surface area contributed by atoms with E-state index in [4.69, 9.17) is 11.6 Å². The van der Waals surface area contributed by atoms with Gasteiger partial charge in [0.05, 0.1) is 9.26 Å². The molecule has 1 rings (SSSR count). The van der Waals surface area contributed by atoms with Crippen molar-refractivity contribution in [2.24, 2.45) is 0 Å². The average molecular weight is 314 g/mol.